The Morgan fingerprint density at radius 3 is 1.94 bits per heavy atom. The summed E-state index contributed by atoms with van der Waals surface area (Å²) in [5.41, 5.74) is 5.18. The Labute approximate surface area is 98.3 Å². The van der Waals surface area contributed by atoms with Crippen molar-refractivity contribution in [3.8, 4) is 0 Å². The van der Waals surface area contributed by atoms with Gasteiger partial charge in [0.2, 0.25) is 0 Å². The Hall–Kier alpha value is -2.18. The van der Waals surface area contributed by atoms with Gasteiger partial charge in [-0.3, -0.25) is 9.59 Å². The number of nitrogens with zero attached hydrogens (tertiary/aromatic N) is 2. The zero-order chi connectivity index (χ0) is 13.1. The number of aromatic nitrogens is 2. The van der Waals surface area contributed by atoms with Crippen molar-refractivity contribution in [3.05, 3.63) is 18.3 Å². The van der Waals surface area contributed by atoms with E-state index in [9.17, 15) is 9.59 Å². The van der Waals surface area contributed by atoms with Crippen molar-refractivity contribution in [1.29, 1.82) is 0 Å². The second-order valence-electron chi connectivity index (χ2n) is 3.14. The number of carboxylic acid groups (broad SMARTS) is 2. The van der Waals surface area contributed by atoms with Crippen molar-refractivity contribution in [2.45, 2.75) is 25.7 Å². The fourth-order valence-corrected chi connectivity index (χ4v) is 0.866. The molecule has 1 aromatic rings. The molecule has 0 atom stereocenters. The Morgan fingerprint density at radius 2 is 1.71 bits per heavy atom. The molecule has 0 aliphatic rings. The van der Waals surface area contributed by atoms with Crippen molar-refractivity contribution in [3.63, 3.8) is 0 Å². The van der Waals surface area contributed by atoms with Crippen LogP contribution in [-0.2, 0) is 9.59 Å². The Balaban J connectivity index is 0.000000318. The standard InChI is InChI=1S/C6H10O4.C4H5N3/c7-5(8)3-1-2-4-6(9)10;5-4-2-1-3-6-7-4/h1-4H2,(H,7,8)(H,9,10);1-3H,(H2,5,7). The lowest BCUT2D eigenvalue weighted by atomic mass is 10.2. The summed E-state index contributed by atoms with van der Waals surface area (Å²) in [5, 5.41) is 23.3. The van der Waals surface area contributed by atoms with Crippen LogP contribution >= 0.6 is 0 Å². The molecule has 0 aliphatic carbocycles. The molecule has 1 heterocycles. The lowest BCUT2D eigenvalue weighted by Crippen LogP contribution is -1.97. The monoisotopic (exact) mass is 241 g/mol. The zero-order valence-corrected chi connectivity index (χ0v) is 9.24. The average Bonchev–Trinajstić information content (AvgIpc) is 2.26. The fourth-order valence-electron chi connectivity index (χ4n) is 0.866. The molecule has 0 aliphatic heterocycles. The van der Waals surface area contributed by atoms with Gasteiger partial charge in [-0.1, -0.05) is 0 Å². The van der Waals surface area contributed by atoms with Crippen LogP contribution in [-0.4, -0.2) is 32.3 Å². The maximum atomic E-state index is 9.90. The number of anilines is 1. The van der Waals surface area contributed by atoms with Gasteiger partial charge in [0.1, 0.15) is 5.82 Å². The summed E-state index contributed by atoms with van der Waals surface area (Å²) in [7, 11) is 0. The molecular formula is C10H15N3O4. The van der Waals surface area contributed by atoms with E-state index in [2.05, 4.69) is 10.2 Å². The number of nitrogens with two attached hydrogens (primary N) is 1. The number of unbranched alkanes of at least 4 members (excludes halogenated alkanes) is 1. The molecule has 0 unspecified atom stereocenters. The van der Waals surface area contributed by atoms with Gasteiger partial charge in [0.15, 0.2) is 0 Å². The highest BCUT2D eigenvalue weighted by Gasteiger charge is 1.99. The van der Waals surface area contributed by atoms with E-state index < -0.39 is 11.9 Å². The van der Waals surface area contributed by atoms with Crippen LogP contribution in [0.1, 0.15) is 25.7 Å². The number of aliphatic carboxylic acids is 2. The van der Waals surface area contributed by atoms with Gasteiger partial charge in [-0.05, 0) is 25.0 Å². The van der Waals surface area contributed by atoms with Gasteiger partial charge in [-0.25, -0.2) is 0 Å². The number of carboxylic acids is 2. The van der Waals surface area contributed by atoms with Gasteiger partial charge < -0.3 is 15.9 Å². The summed E-state index contributed by atoms with van der Waals surface area (Å²) in [6, 6.07) is 3.43. The third-order valence-electron chi connectivity index (χ3n) is 1.62. The zero-order valence-electron chi connectivity index (χ0n) is 9.24. The first-order valence-corrected chi connectivity index (χ1v) is 4.99. The van der Waals surface area contributed by atoms with Crippen LogP contribution in [0.4, 0.5) is 5.82 Å². The van der Waals surface area contributed by atoms with Crippen LogP contribution in [0.2, 0.25) is 0 Å². The molecule has 0 bridgehead atoms. The van der Waals surface area contributed by atoms with Gasteiger partial charge in [0.25, 0.3) is 0 Å². The summed E-state index contributed by atoms with van der Waals surface area (Å²) >= 11 is 0. The smallest absolute Gasteiger partial charge is 0.303 e. The van der Waals surface area contributed by atoms with E-state index in [0.717, 1.165) is 0 Å². The van der Waals surface area contributed by atoms with E-state index in [4.69, 9.17) is 15.9 Å². The molecule has 7 heteroatoms. The molecule has 0 fully saturated rings. The molecule has 7 nitrogen and oxygen atoms in total. The quantitative estimate of drug-likeness (QED) is 0.650. The van der Waals surface area contributed by atoms with Crippen molar-refractivity contribution in [2.24, 2.45) is 0 Å². The molecule has 0 saturated carbocycles. The van der Waals surface area contributed by atoms with Gasteiger partial charge in [-0.15, -0.1) is 5.10 Å². The lowest BCUT2D eigenvalue weighted by Gasteiger charge is -1.92. The first-order valence-electron chi connectivity index (χ1n) is 4.99. The highest BCUT2D eigenvalue weighted by atomic mass is 16.4. The van der Waals surface area contributed by atoms with Crippen molar-refractivity contribution in [2.75, 3.05) is 5.73 Å². The second-order valence-corrected chi connectivity index (χ2v) is 3.14. The normalized spacial score (nSPS) is 8.94. The largest absolute Gasteiger partial charge is 0.481 e. The maximum absolute atomic E-state index is 9.90. The van der Waals surface area contributed by atoms with Crippen molar-refractivity contribution < 1.29 is 19.8 Å². The Bertz CT molecular complexity index is 327. The van der Waals surface area contributed by atoms with Crippen LogP contribution < -0.4 is 5.73 Å². The van der Waals surface area contributed by atoms with Gasteiger partial charge in [0.05, 0.1) is 0 Å². The first-order chi connectivity index (χ1) is 8.02. The van der Waals surface area contributed by atoms with Gasteiger partial charge in [0, 0.05) is 19.0 Å². The molecule has 0 spiro atoms. The number of hydrogen-bond acceptors (Lipinski definition) is 5. The van der Waals surface area contributed by atoms with Gasteiger partial charge >= 0.3 is 11.9 Å². The SMILES string of the molecule is Nc1cccnn1.O=C(O)CCCCC(=O)O. The van der Waals surface area contributed by atoms with Crippen LogP contribution in [0.5, 0.6) is 0 Å². The number of rotatable bonds is 5. The van der Waals surface area contributed by atoms with Crippen LogP contribution in [0.25, 0.3) is 0 Å². The first kappa shape index (κ1) is 14.8. The van der Waals surface area contributed by atoms with Crippen LogP contribution in [0.15, 0.2) is 18.3 Å². The van der Waals surface area contributed by atoms with Gasteiger partial charge in [-0.2, -0.15) is 5.10 Å². The molecule has 0 amide bonds. The average molecular weight is 241 g/mol. The highest BCUT2D eigenvalue weighted by molar-refractivity contribution is 5.67. The molecule has 0 aromatic carbocycles. The molecular weight excluding hydrogens is 226 g/mol. The minimum Gasteiger partial charge on any atom is -0.481 e. The molecule has 94 valence electrons. The van der Waals surface area contributed by atoms with Crippen LogP contribution in [0.3, 0.4) is 0 Å². The minimum absolute atomic E-state index is 0.0628. The number of hydrogen-bond donors (Lipinski definition) is 3. The van der Waals surface area contributed by atoms with E-state index in [0.29, 0.717) is 18.7 Å². The summed E-state index contributed by atoms with van der Waals surface area (Å²) in [6.07, 6.45) is 2.60. The predicted molar refractivity (Wildman–Crippen MR) is 60.2 cm³/mol. The lowest BCUT2D eigenvalue weighted by molar-refractivity contribution is -0.139. The van der Waals surface area contributed by atoms with E-state index >= 15 is 0 Å². The minimum atomic E-state index is -0.870. The van der Waals surface area contributed by atoms with E-state index in [1.807, 2.05) is 0 Å². The summed E-state index contributed by atoms with van der Waals surface area (Å²) < 4.78 is 0. The molecule has 0 radical (unpaired) electrons. The molecule has 4 N–H and O–H groups in total. The summed E-state index contributed by atoms with van der Waals surface area (Å²) in [5.74, 6) is -1.28. The fraction of sp³-hybridized carbons (Fsp3) is 0.400. The summed E-state index contributed by atoms with van der Waals surface area (Å²) in [6.45, 7) is 0. The highest BCUT2D eigenvalue weighted by Crippen LogP contribution is 1.98. The van der Waals surface area contributed by atoms with Crippen LogP contribution in [0, 0.1) is 0 Å². The van der Waals surface area contributed by atoms with E-state index in [-0.39, 0.29) is 12.8 Å². The molecule has 0 saturated heterocycles. The van der Waals surface area contributed by atoms with Crippen molar-refractivity contribution >= 4 is 17.8 Å². The topological polar surface area (TPSA) is 126 Å². The molecule has 1 rings (SSSR count). The summed E-state index contributed by atoms with van der Waals surface area (Å²) in [4.78, 5) is 19.8. The third-order valence-corrected chi connectivity index (χ3v) is 1.62. The second kappa shape index (κ2) is 9.08. The van der Waals surface area contributed by atoms with E-state index in [1.165, 1.54) is 0 Å². The van der Waals surface area contributed by atoms with Crippen molar-refractivity contribution in [1.82, 2.24) is 10.2 Å². The number of carbonyl (C=O) groups is 2. The number of nitrogen functional groups attached to an aromatic ring is 1. The third kappa shape index (κ3) is 11.7. The predicted octanol–water partition coefficient (Wildman–Crippen LogP) is 0.775. The molecule has 1 aromatic heterocycles. The molecule has 17 heavy (non-hydrogen) atoms. The maximum Gasteiger partial charge on any atom is 0.303 e. The van der Waals surface area contributed by atoms with E-state index in [1.54, 1.807) is 18.3 Å². The Morgan fingerprint density at radius 1 is 1.18 bits per heavy atom. The Kier molecular flexibility index (Phi) is 7.91.